The molecule has 1 aromatic rings. The van der Waals surface area contributed by atoms with Gasteiger partial charge in [-0.25, -0.2) is 0 Å². The number of ether oxygens (including phenoxy) is 1. The predicted octanol–water partition coefficient (Wildman–Crippen LogP) is 2.63. The van der Waals surface area contributed by atoms with Crippen molar-refractivity contribution in [3.63, 3.8) is 0 Å². The summed E-state index contributed by atoms with van der Waals surface area (Å²) in [5.74, 6) is 0. The van der Waals surface area contributed by atoms with Crippen molar-refractivity contribution in [2.75, 3.05) is 19.7 Å². The lowest BCUT2D eigenvalue weighted by molar-refractivity contribution is -0.138. The minimum Gasteiger partial charge on any atom is -0.377 e. The van der Waals surface area contributed by atoms with Crippen molar-refractivity contribution in [2.45, 2.75) is 25.1 Å². The van der Waals surface area contributed by atoms with E-state index in [4.69, 9.17) is 4.74 Å². The maximum atomic E-state index is 12.7. The van der Waals surface area contributed by atoms with Gasteiger partial charge in [-0.05, 0) is 31.0 Å². The minimum absolute atomic E-state index is 0.142. The van der Waals surface area contributed by atoms with Gasteiger partial charge < -0.3 is 10.1 Å². The first-order valence-electron chi connectivity index (χ1n) is 6.05. The molecule has 0 amide bonds. The molecule has 1 aliphatic rings. The van der Waals surface area contributed by atoms with Gasteiger partial charge in [-0.3, -0.25) is 0 Å². The molecule has 0 radical (unpaired) electrons. The molecule has 1 unspecified atom stereocenters. The van der Waals surface area contributed by atoms with E-state index in [9.17, 15) is 13.2 Å². The number of nitrogens with one attached hydrogen (secondary N) is 1. The van der Waals surface area contributed by atoms with Crippen LogP contribution in [-0.4, -0.2) is 25.8 Å². The summed E-state index contributed by atoms with van der Waals surface area (Å²) >= 11 is 0. The SMILES string of the molecule is FC(F)(F)c1ccccc1CCOC1CCNC1. The van der Waals surface area contributed by atoms with Crippen LogP contribution in [0.5, 0.6) is 0 Å². The Balaban J connectivity index is 1.92. The molecule has 1 heterocycles. The van der Waals surface area contributed by atoms with Gasteiger partial charge in [0.05, 0.1) is 18.3 Å². The largest absolute Gasteiger partial charge is 0.416 e. The fourth-order valence-electron chi connectivity index (χ4n) is 2.12. The summed E-state index contributed by atoms with van der Waals surface area (Å²) in [7, 11) is 0. The minimum atomic E-state index is -4.29. The van der Waals surface area contributed by atoms with Gasteiger partial charge in [0.25, 0.3) is 0 Å². The highest BCUT2D eigenvalue weighted by Gasteiger charge is 2.32. The Bertz CT molecular complexity index is 386. The van der Waals surface area contributed by atoms with Crippen LogP contribution in [0.4, 0.5) is 13.2 Å². The first-order valence-corrected chi connectivity index (χ1v) is 6.05. The smallest absolute Gasteiger partial charge is 0.377 e. The van der Waals surface area contributed by atoms with E-state index in [-0.39, 0.29) is 6.10 Å². The van der Waals surface area contributed by atoms with Gasteiger partial charge in [-0.15, -0.1) is 0 Å². The number of halogens is 3. The molecule has 1 aliphatic heterocycles. The summed E-state index contributed by atoms with van der Waals surface area (Å²) in [6.07, 6.45) is -2.92. The van der Waals surface area contributed by atoms with E-state index in [0.29, 0.717) is 18.6 Å². The highest BCUT2D eigenvalue weighted by molar-refractivity contribution is 5.29. The van der Waals surface area contributed by atoms with Crippen LogP contribution >= 0.6 is 0 Å². The van der Waals surface area contributed by atoms with Gasteiger partial charge in [0.1, 0.15) is 0 Å². The number of hydrogen-bond donors (Lipinski definition) is 1. The first-order chi connectivity index (χ1) is 8.57. The monoisotopic (exact) mass is 259 g/mol. The average molecular weight is 259 g/mol. The normalized spacial score (nSPS) is 20.3. The predicted molar refractivity (Wildman–Crippen MR) is 62.4 cm³/mol. The molecule has 0 aliphatic carbocycles. The molecule has 2 nitrogen and oxygen atoms in total. The molecular formula is C13H16F3NO. The molecule has 0 aromatic heterocycles. The van der Waals surface area contributed by atoms with Crippen LogP contribution in [0.2, 0.25) is 0 Å². The number of alkyl halides is 3. The fourth-order valence-corrected chi connectivity index (χ4v) is 2.12. The van der Waals surface area contributed by atoms with E-state index in [0.717, 1.165) is 25.6 Å². The fraction of sp³-hybridized carbons (Fsp3) is 0.538. The van der Waals surface area contributed by atoms with Crippen LogP contribution in [0.1, 0.15) is 17.5 Å². The second-order valence-corrected chi connectivity index (χ2v) is 4.39. The lowest BCUT2D eigenvalue weighted by Crippen LogP contribution is -2.18. The highest BCUT2D eigenvalue weighted by Crippen LogP contribution is 2.32. The molecule has 1 aromatic carbocycles. The van der Waals surface area contributed by atoms with Gasteiger partial charge in [0, 0.05) is 6.54 Å². The molecule has 0 saturated carbocycles. The summed E-state index contributed by atoms with van der Waals surface area (Å²) in [5.41, 5.74) is -0.255. The molecular weight excluding hydrogens is 243 g/mol. The van der Waals surface area contributed by atoms with Gasteiger partial charge >= 0.3 is 6.18 Å². The maximum Gasteiger partial charge on any atom is 0.416 e. The van der Waals surface area contributed by atoms with Crippen molar-refractivity contribution in [1.82, 2.24) is 5.32 Å². The van der Waals surface area contributed by atoms with Gasteiger partial charge in [0.2, 0.25) is 0 Å². The van der Waals surface area contributed by atoms with Crippen LogP contribution in [0.15, 0.2) is 24.3 Å². The van der Waals surface area contributed by atoms with Gasteiger partial charge in [-0.1, -0.05) is 18.2 Å². The third-order valence-electron chi connectivity index (χ3n) is 3.06. The Kier molecular flexibility index (Phi) is 4.24. The topological polar surface area (TPSA) is 21.3 Å². The third kappa shape index (κ3) is 3.46. The van der Waals surface area contributed by atoms with Crippen LogP contribution in [0.25, 0.3) is 0 Å². The molecule has 1 fully saturated rings. The van der Waals surface area contributed by atoms with E-state index >= 15 is 0 Å². The summed E-state index contributed by atoms with van der Waals surface area (Å²) < 4.78 is 43.7. The van der Waals surface area contributed by atoms with E-state index in [1.807, 2.05) is 0 Å². The van der Waals surface area contributed by atoms with Crippen molar-refractivity contribution >= 4 is 0 Å². The molecule has 0 bridgehead atoms. The van der Waals surface area contributed by atoms with Crippen LogP contribution in [-0.2, 0) is 17.3 Å². The summed E-state index contributed by atoms with van der Waals surface area (Å²) in [6.45, 7) is 2.05. The Morgan fingerprint density at radius 3 is 2.72 bits per heavy atom. The molecule has 100 valence electrons. The quantitative estimate of drug-likeness (QED) is 0.897. The number of hydrogen-bond acceptors (Lipinski definition) is 2. The molecule has 5 heteroatoms. The summed E-state index contributed by atoms with van der Waals surface area (Å²) in [6, 6.07) is 5.67. The lowest BCUT2D eigenvalue weighted by atomic mass is 10.0. The molecule has 18 heavy (non-hydrogen) atoms. The van der Waals surface area contributed by atoms with Crippen molar-refractivity contribution in [1.29, 1.82) is 0 Å². The first kappa shape index (κ1) is 13.4. The van der Waals surface area contributed by atoms with E-state index in [1.54, 1.807) is 6.07 Å². The Labute approximate surface area is 104 Å². The molecule has 0 spiro atoms. The van der Waals surface area contributed by atoms with E-state index in [1.165, 1.54) is 12.1 Å². The van der Waals surface area contributed by atoms with Crippen LogP contribution in [0.3, 0.4) is 0 Å². The van der Waals surface area contributed by atoms with Crippen LogP contribution < -0.4 is 5.32 Å². The van der Waals surface area contributed by atoms with Crippen molar-refractivity contribution < 1.29 is 17.9 Å². The summed E-state index contributed by atoms with van der Waals surface area (Å²) in [4.78, 5) is 0. The maximum absolute atomic E-state index is 12.7. The standard InChI is InChI=1S/C13H16F3NO/c14-13(15,16)12-4-2-1-3-10(12)6-8-18-11-5-7-17-9-11/h1-4,11,17H,5-9H2. The molecule has 2 rings (SSSR count). The zero-order chi connectivity index (χ0) is 13.0. The Hall–Kier alpha value is -1.07. The third-order valence-corrected chi connectivity index (χ3v) is 3.06. The molecule has 1 N–H and O–H groups in total. The lowest BCUT2D eigenvalue weighted by Gasteiger charge is -2.14. The zero-order valence-corrected chi connectivity index (χ0v) is 9.96. The van der Waals surface area contributed by atoms with E-state index < -0.39 is 11.7 Å². The zero-order valence-electron chi connectivity index (χ0n) is 9.96. The van der Waals surface area contributed by atoms with Crippen molar-refractivity contribution in [3.8, 4) is 0 Å². The molecule has 1 saturated heterocycles. The second kappa shape index (κ2) is 5.71. The number of benzene rings is 1. The van der Waals surface area contributed by atoms with Crippen molar-refractivity contribution in [3.05, 3.63) is 35.4 Å². The van der Waals surface area contributed by atoms with Gasteiger partial charge in [-0.2, -0.15) is 13.2 Å². The summed E-state index contributed by atoms with van der Waals surface area (Å²) in [5, 5.41) is 3.15. The average Bonchev–Trinajstić information content (AvgIpc) is 2.81. The Morgan fingerprint density at radius 2 is 2.06 bits per heavy atom. The molecule has 1 atom stereocenters. The van der Waals surface area contributed by atoms with Crippen molar-refractivity contribution in [2.24, 2.45) is 0 Å². The van der Waals surface area contributed by atoms with Gasteiger partial charge in [0.15, 0.2) is 0 Å². The highest BCUT2D eigenvalue weighted by atomic mass is 19.4. The Morgan fingerprint density at radius 1 is 1.28 bits per heavy atom. The van der Waals surface area contributed by atoms with E-state index in [2.05, 4.69) is 5.32 Å². The van der Waals surface area contributed by atoms with Crippen LogP contribution in [0, 0.1) is 0 Å². The second-order valence-electron chi connectivity index (χ2n) is 4.39. The number of rotatable bonds is 4.